The van der Waals surface area contributed by atoms with Gasteiger partial charge in [0.25, 0.3) is 0 Å². The minimum atomic E-state index is 1.20. The summed E-state index contributed by atoms with van der Waals surface area (Å²) >= 11 is 0. The number of unbranched alkanes of at least 4 members (excludes halogenated alkanes) is 2. The maximum absolute atomic E-state index is 2.38. The Labute approximate surface area is 58.0 Å². The lowest BCUT2D eigenvalue weighted by Gasteiger charge is -2.14. The van der Waals surface area contributed by atoms with Gasteiger partial charge in [-0.05, 0) is 32.3 Å². The van der Waals surface area contributed by atoms with Crippen LogP contribution in [0, 0.1) is 6.42 Å². The van der Waals surface area contributed by atoms with E-state index < -0.39 is 0 Å². The molecule has 1 aliphatic rings. The normalized spacial score (nSPS) is 16.8. The summed E-state index contributed by atoms with van der Waals surface area (Å²) in [6, 6.07) is 0. The van der Waals surface area contributed by atoms with Crippen molar-refractivity contribution in [3.8, 4) is 0 Å². The molecule has 0 aromatic heterocycles. The van der Waals surface area contributed by atoms with Crippen LogP contribution < -0.4 is 0 Å². The van der Waals surface area contributed by atoms with Crippen LogP contribution in [0.25, 0.3) is 0 Å². The second-order valence-electron chi connectivity index (χ2n) is 2.65. The van der Waals surface area contributed by atoms with Gasteiger partial charge in [0.2, 0.25) is 0 Å². The first-order chi connectivity index (χ1) is 4.43. The average Bonchev–Trinajstić information content (AvgIpc) is 1.76. The number of hydrogen-bond donors (Lipinski definition) is 0. The second kappa shape index (κ2) is 3.60. The molecule has 0 unspecified atom stereocenters. The molecule has 0 atom stereocenters. The smallest absolute Gasteiger partial charge is 0.0700 e. The third-order valence-electron chi connectivity index (χ3n) is 1.86. The molecule has 9 heavy (non-hydrogen) atoms. The van der Waals surface area contributed by atoms with Crippen LogP contribution in [0.2, 0.25) is 0 Å². The van der Waals surface area contributed by atoms with Gasteiger partial charge in [0.1, 0.15) is 6.42 Å². The summed E-state index contributed by atoms with van der Waals surface area (Å²) in [5, 5.41) is 0. The zero-order valence-corrected chi connectivity index (χ0v) is 6.19. The molecule has 0 spiro atoms. The van der Waals surface area contributed by atoms with Gasteiger partial charge in [0, 0.05) is 0 Å². The largest absolute Gasteiger partial charge is 0.106 e. The monoisotopic (exact) mass is 123 g/mol. The zero-order chi connectivity index (χ0) is 6.53. The highest BCUT2D eigenvalue weighted by Gasteiger charge is 2.07. The Kier molecular flexibility index (Phi) is 2.69. The van der Waals surface area contributed by atoms with Crippen molar-refractivity contribution in [2.24, 2.45) is 0 Å². The molecule has 0 N–H and O–H groups in total. The van der Waals surface area contributed by atoms with Crippen molar-refractivity contribution in [1.82, 2.24) is 0 Å². The van der Waals surface area contributed by atoms with E-state index in [0.717, 1.165) is 0 Å². The molecular weight excluding hydrogens is 108 g/mol. The number of rotatable bonds is 3. The van der Waals surface area contributed by atoms with Crippen LogP contribution in [0.5, 0.6) is 0 Å². The van der Waals surface area contributed by atoms with Crippen LogP contribution in [0.3, 0.4) is 0 Å². The Morgan fingerprint density at radius 1 is 1.56 bits per heavy atom. The third-order valence-corrected chi connectivity index (χ3v) is 1.86. The highest BCUT2D eigenvalue weighted by atomic mass is 14.1. The van der Waals surface area contributed by atoms with E-state index >= 15 is 0 Å². The van der Waals surface area contributed by atoms with E-state index in [1.165, 1.54) is 32.1 Å². The molecular formula is C9H15+. The van der Waals surface area contributed by atoms with Gasteiger partial charge in [0.05, 0.1) is 12.8 Å². The minimum absolute atomic E-state index is 1.20. The Balaban J connectivity index is 2.01. The highest BCUT2D eigenvalue weighted by Crippen LogP contribution is 2.25. The molecule has 50 valence electrons. The Hall–Kier alpha value is -0.390. The van der Waals surface area contributed by atoms with Crippen LogP contribution in [-0.2, 0) is 0 Å². The van der Waals surface area contributed by atoms with Crippen LogP contribution in [-0.4, -0.2) is 0 Å². The number of allylic oxidation sites excluding steroid dienone is 2. The second-order valence-corrected chi connectivity index (χ2v) is 2.65. The molecule has 1 fully saturated rings. The van der Waals surface area contributed by atoms with Crippen LogP contribution in [0.4, 0.5) is 0 Å². The lowest BCUT2D eigenvalue weighted by Crippen LogP contribution is -1.95. The quantitative estimate of drug-likeness (QED) is 0.307. The van der Waals surface area contributed by atoms with Gasteiger partial charge in [-0.3, -0.25) is 0 Å². The molecule has 0 saturated heterocycles. The molecule has 0 amide bonds. The van der Waals surface area contributed by atoms with Gasteiger partial charge in [0.15, 0.2) is 0 Å². The lowest BCUT2D eigenvalue weighted by molar-refractivity contribution is 0.657. The Bertz CT molecular complexity index is 94.6. The first-order valence-corrected chi connectivity index (χ1v) is 3.93. The maximum atomic E-state index is 2.38. The molecule has 0 heteroatoms. The highest BCUT2D eigenvalue weighted by molar-refractivity contribution is 5.10. The topological polar surface area (TPSA) is 0 Å². The molecule has 0 heterocycles. The van der Waals surface area contributed by atoms with Crippen molar-refractivity contribution in [2.45, 2.75) is 39.0 Å². The van der Waals surface area contributed by atoms with Gasteiger partial charge >= 0.3 is 0 Å². The summed E-state index contributed by atoms with van der Waals surface area (Å²) in [6.45, 7) is 2.19. The van der Waals surface area contributed by atoms with E-state index in [0.29, 0.717) is 0 Å². The summed E-state index contributed by atoms with van der Waals surface area (Å²) in [5.41, 5.74) is 1.68. The standard InChI is InChI=1S/C9H15/c1-2-3-4-6-9-7-5-8-9/h3,6H,2,4-5,7-8H2,1H3/q+1. The summed E-state index contributed by atoms with van der Waals surface area (Å²) in [6.07, 6.45) is 11.3. The van der Waals surface area contributed by atoms with E-state index in [4.69, 9.17) is 0 Å². The van der Waals surface area contributed by atoms with Crippen molar-refractivity contribution < 1.29 is 0 Å². The lowest BCUT2D eigenvalue weighted by atomic mass is 9.91. The number of hydrogen-bond acceptors (Lipinski definition) is 0. The average molecular weight is 123 g/mol. The van der Waals surface area contributed by atoms with E-state index in [-0.39, 0.29) is 0 Å². The Morgan fingerprint density at radius 3 is 2.78 bits per heavy atom. The molecule has 0 aromatic rings. The predicted octanol–water partition coefficient (Wildman–Crippen LogP) is 3.10. The molecule has 0 radical (unpaired) electrons. The van der Waals surface area contributed by atoms with Crippen LogP contribution in [0.15, 0.2) is 11.6 Å². The summed E-state index contributed by atoms with van der Waals surface area (Å²) < 4.78 is 0. The molecule has 1 rings (SSSR count). The maximum Gasteiger partial charge on any atom is 0.106 e. The van der Waals surface area contributed by atoms with Crippen molar-refractivity contribution in [1.29, 1.82) is 0 Å². The fourth-order valence-corrected chi connectivity index (χ4v) is 1.00. The van der Waals surface area contributed by atoms with Crippen LogP contribution in [0.1, 0.15) is 39.0 Å². The van der Waals surface area contributed by atoms with Gasteiger partial charge in [-0.2, -0.15) is 0 Å². The minimum Gasteiger partial charge on any atom is -0.0700 e. The first kappa shape index (κ1) is 6.73. The van der Waals surface area contributed by atoms with Gasteiger partial charge in [-0.1, -0.05) is 5.57 Å². The molecule has 0 aromatic carbocycles. The molecule has 1 saturated carbocycles. The molecule has 1 aliphatic carbocycles. The van der Waals surface area contributed by atoms with Crippen molar-refractivity contribution in [3.05, 3.63) is 18.1 Å². The summed E-state index contributed by atoms with van der Waals surface area (Å²) in [4.78, 5) is 0. The fourth-order valence-electron chi connectivity index (χ4n) is 1.00. The van der Waals surface area contributed by atoms with Crippen LogP contribution >= 0.6 is 0 Å². The molecule has 0 bridgehead atoms. The summed E-state index contributed by atoms with van der Waals surface area (Å²) in [5.74, 6) is 0. The summed E-state index contributed by atoms with van der Waals surface area (Å²) in [7, 11) is 0. The molecule has 0 aliphatic heterocycles. The van der Waals surface area contributed by atoms with Gasteiger partial charge in [-0.15, -0.1) is 0 Å². The van der Waals surface area contributed by atoms with Gasteiger partial charge < -0.3 is 0 Å². The van der Waals surface area contributed by atoms with Crippen molar-refractivity contribution >= 4 is 0 Å². The predicted molar refractivity (Wildman–Crippen MR) is 41.1 cm³/mol. The SMILES string of the molecule is CC[CH+]CC=C1CCC1. The van der Waals surface area contributed by atoms with Crippen molar-refractivity contribution in [3.63, 3.8) is 0 Å². The molecule has 0 nitrogen and oxygen atoms in total. The van der Waals surface area contributed by atoms with E-state index in [1.807, 2.05) is 0 Å². The zero-order valence-electron chi connectivity index (χ0n) is 6.19. The van der Waals surface area contributed by atoms with Crippen molar-refractivity contribution in [2.75, 3.05) is 0 Å². The fraction of sp³-hybridized carbons (Fsp3) is 0.667. The third kappa shape index (κ3) is 2.13. The van der Waals surface area contributed by atoms with E-state index in [2.05, 4.69) is 19.4 Å². The van der Waals surface area contributed by atoms with E-state index in [9.17, 15) is 0 Å². The first-order valence-electron chi connectivity index (χ1n) is 3.93. The Morgan fingerprint density at radius 2 is 2.33 bits per heavy atom. The van der Waals surface area contributed by atoms with Gasteiger partial charge in [-0.25, -0.2) is 0 Å². The van der Waals surface area contributed by atoms with E-state index in [1.54, 1.807) is 5.57 Å².